The normalized spacial score (nSPS) is 11.2. The van der Waals surface area contributed by atoms with Gasteiger partial charge in [-0.3, -0.25) is 0 Å². The first-order chi connectivity index (χ1) is 10.1. The molecule has 0 aliphatic heterocycles. The molecule has 0 atom stereocenters. The van der Waals surface area contributed by atoms with E-state index in [1.54, 1.807) is 6.92 Å². The maximum Gasteiger partial charge on any atom is 0.280 e. The van der Waals surface area contributed by atoms with Crippen molar-refractivity contribution in [3.8, 4) is 23.0 Å². The van der Waals surface area contributed by atoms with Gasteiger partial charge in [-0.15, -0.1) is 0 Å². The molecule has 0 amide bonds. The Morgan fingerprint density at radius 1 is 1.10 bits per heavy atom. The lowest BCUT2D eigenvalue weighted by atomic mass is 10.1. The lowest BCUT2D eigenvalue weighted by Gasteiger charge is -2.09. The number of hydrogen-bond donors (Lipinski definition) is 0. The first kappa shape index (κ1) is 13.5. The molecule has 0 saturated heterocycles. The Morgan fingerprint density at radius 2 is 1.86 bits per heavy atom. The lowest BCUT2D eigenvalue weighted by Crippen LogP contribution is -2.10. The molecule has 0 aliphatic rings. The lowest BCUT2D eigenvalue weighted by molar-refractivity contribution is 0.402. The standard InChI is InChI=1S/C15H16N4O2/c1-10-16-13(9-20-10)15-17-14(18-21-15)12-6-4-11(5-7-12)8-19(2)3/h4-7,9H,8H2,1-3H3. The van der Waals surface area contributed by atoms with E-state index in [-0.39, 0.29) is 0 Å². The van der Waals surface area contributed by atoms with Gasteiger partial charge in [-0.05, 0) is 19.7 Å². The number of benzene rings is 1. The zero-order valence-electron chi connectivity index (χ0n) is 12.2. The Bertz CT molecular complexity index is 728. The summed E-state index contributed by atoms with van der Waals surface area (Å²) >= 11 is 0. The first-order valence-corrected chi connectivity index (χ1v) is 6.62. The highest BCUT2D eigenvalue weighted by atomic mass is 16.5. The Balaban J connectivity index is 1.83. The summed E-state index contributed by atoms with van der Waals surface area (Å²) in [6.07, 6.45) is 1.51. The van der Waals surface area contributed by atoms with Crippen molar-refractivity contribution in [2.45, 2.75) is 13.5 Å². The van der Waals surface area contributed by atoms with E-state index in [9.17, 15) is 0 Å². The summed E-state index contributed by atoms with van der Waals surface area (Å²) in [6, 6.07) is 8.10. The highest BCUT2D eigenvalue weighted by Gasteiger charge is 2.13. The molecule has 2 heterocycles. The Morgan fingerprint density at radius 3 is 2.48 bits per heavy atom. The summed E-state index contributed by atoms with van der Waals surface area (Å²) in [7, 11) is 4.08. The van der Waals surface area contributed by atoms with E-state index in [0.29, 0.717) is 23.3 Å². The number of rotatable bonds is 4. The van der Waals surface area contributed by atoms with Crippen LogP contribution in [-0.4, -0.2) is 34.1 Å². The fraction of sp³-hybridized carbons (Fsp3) is 0.267. The van der Waals surface area contributed by atoms with Crippen molar-refractivity contribution in [1.82, 2.24) is 20.0 Å². The molecule has 0 spiro atoms. The summed E-state index contributed by atoms with van der Waals surface area (Å²) in [5, 5.41) is 3.98. The van der Waals surface area contributed by atoms with Crippen molar-refractivity contribution < 1.29 is 8.94 Å². The van der Waals surface area contributed by atoms with Crippen LogP contribution in [0.1, 0.15) is 11.5 Å². The smallest absolute Gasteiger partial charge is 0.280 e. The van der Waals surface area contributed by atoms with Crippen molar-refractivity contribution in [2.24, 2.45) is 0 Å². The Kier molecular flexibility index (Phi) is 3.53. The van der Waals surface area contributed by atoms with E-state index in [1.807, 2.05) is 26.2 Å². The Hall–Kier alpha value is -2.47. The molecule has 6 nitrogen and oxygen atoms in total. The molecule has 3 aromatic rings. The van der Waals surface area contributed by atoms with Gasteiger partial charge in [0.15, 0.2) is 11.6 Å². The maximum absolute atomic E-state index is 5.22. The second-order valence-corrected chi connectivity index (χ2v) is 5.11. The highest BCUT2D eigenvalue weighted by Crippen LogP contribution is 2.22. The quantitative estimate of drug-likeness (QED) is 0.733. The summed E-state index contributed by atoms with van der Waals surface area (Å²) in [6.45, 7) is 2.67. The van der Waals surface area contributed by atoms with Crippen LogP contribution >= 0.6 is 0 Å². The minimum absolute atomic E-state index is 0.360. The summed E-state index contributed by atoms with van der Waals surface area (Å²) < 4.78 is 10.4. The zero-order chi connectivity index (χ0) is 14.8. The van der Waals surface area contributed by atoms with Gasteiger partial charge in [-0.2, -0.15) is 4.98 Å². The summed E-state index contributed by atoms with van der Waals surface area (Å²) in [5.41, 5.74) is 2.70. The van der Waals surface area contributed by atoms with Crippen LogP contribution in [0.25, 0.3) is 23.0 Å². The molecule has 0 saturated carbocycles. The van der Waals surface area contributed by atoms with Crippen LogP contribution in [0.2, 0.25) is 0 Å². The number of aromatic nitrogens is 3. The van der Waals surface area contributed by atoms with Gasteiger partial charge in [-0.25, -0.2) is 4.98 Å². The van der Waals surface area contributed by atoms with Crippen LogP contribution in [0.3, 0.4) is 0 Å². The van der Waals surface area contributed by atoms with E-state index in [2.05, 4.69) is 32.2 Å². The van der Waals surface area contributed by atoms with E-state index in [4.69, 9.17) is 8.94 Å². The van der Waals surface area contributed by atoms with Gasteiger partial charge in [0.25, 0.3) is 5.89 Å². The third-order valence-corrected chi connectivity index (χ3v) is 2.98. The number of hydrogen-bond acceptors (Lipinski definition) is 6. The first-order valence-electron chi connectivity index (χ1n) is 6.62. The molecule has 6 heteroatoms. The third-order valence-electron chi connectivity index (χ3n) is 2.98. The number of aryl methyl sites for hydroxylation is 1. The SMILES string of the molecule is Cc1nc(-c2nc(-c3ccc(CN(C)C)cc3)no2)co1. The molecule has 0 bridgehead atoms. The Labute approximate surface area is 122 Å². The van der Waals surface area contributed by atoms with Gasteiger partial charge in [0, 0.05) is 19.0 Å². The molecular formula is C15H16N4O2. The van der Waals surface area contributed by atoms with Crippen molar-refractivity contribution in [3.63, 3.8) is 0 Å². The molecule has 2 aromatic heterocycles. The van der Waals surface area contributed by atoms with E-state index in [0.717, 1.165) is 12.1 Å². The van der Waals surface area contributed by atoms with Crippen LogP contribution in [0.4, 0.5) is 0 Å². The van der Waals surface area contributed by atoms with Gasteiger partial charge >= 0.3 is 0 Å². The fourth-order valence-electron chi connectivity index (χ4n) is 2.03. The van der Waals surface area contributed by atoms with Gasteiger partial charge in [-0.1, -0.05) is 29.4 Å². The van der Waals surface area contributed by atoms with E-state index >= 15 is 0 Å². The number of oxazole rings is 1. The molecule has 0 fully saturated rings. The third kappa shape index (κ3) is 3.00. The van der Waals surface area contributed by atoms with Crippen LogP contribution in [0.15, 0.2) is 39.5 Å². The van der Waals surface area contributed by atoms with Gasteiger partial charge in [0.2, 0.25) is 5.82 Å². The molecule has 108 valence electrons. The molecule has 0 unspecified atom stereocenters. The molecular weight excluding hydrogens is 268 g/mol. The molecule has 0 N–H and O–H groups in total. The van der Waals surface area contributed by atoms with Gasteiger partial charge in [0.05, 0.1) is 0 Å². The van der Waals surface area contributed by atoms with Gasteiger partial charge < -0.3 is 13.8 Å². The van der Waals surface area contributed by atoms with Crippen LogP contribution < -0.4 is 0 Å². The predicted octanol–water partition coefficient (Wildman–Crippen LogP) is 2.76. The second kappa shape index (κ2) is 5.49. The van der Waals surface area contributed by atoms with Crippen molar-refractivity contribution in [2.75, 3.05) is 14.1 Å². The second-order valence-electron chi connectivity index (χ2n) is 5.11. The van der Waals surface area contributed by atoms with E-state index < -0.39 is 0 Å². The van der Waals surface area contributed by atoms with Crippen molar-refractivity contribution in [1.29, 1.82) is 0 Å². The summed E-state index contributed by atoms with van der Waals surface area (Å²) in [5.74, 6) is 1.47. The number of nitrogens with zero attached hydrogens (tertiary/aromatic N) is 4. The van der Waals surface area contributed by atoms with Crippen molar-refractivity contribution >= 4 is 0 Å². The fourth-order valence-corrected chi connectivity index (χ4v) is 2.03. The summed E-state index contributed by atoms with van der Waals surface area (Å²) in [4.78, 5) is 10.6. The molecule has 0 radical (unpaired) electrons. The molecule has 0 aliphatic carbocycles. The zero-order valence-corrected chi connectivity index (χ0v) is 12.2. The molecule has 21 heavy (non-hydrogen) atoms. The van der Waals surface area contributed by atoms with Crippen LogP contribution in [0.5, 0.6) is 0 Å². The topological polar surface area (TPSA) is 68.2 Å². The van der Waals surface area contributed by atoms with Crippen LogP contribution in [-0.2, 0) is 6.54 Å². The minimum Gasteiger partial charge on any atom is -0.448 e. The average Bonchev–Trinajstić information content (AvgIpc) is 3.07. The average molecular weight is 284 g/mol. The molecule has 3 rings (SSSR count). The minimum atomic E-state index is 0.360. The van der Waals surface area contributed by atoms with Crippen molar-refractivity contribution in [3.05, 3.63) is 42.0 Å². The predicted molar refractivity (Wildman–Crippen MR) is 77.4 cm³/mol. The maximum atomic E-state index is 5.22. The van der Waals surface area contributed by atoms with Gasteiger partial charge in [0.1, 0.15) is 6.26 Å². The monoisotopic (exact) mass is 284 g/mol. The molecule has 1 aromatic carbocycles. The van der Waals surface area contributed by atoms with Crippen LogP contribution in [0, 0.1) is 6.92 Å². The van der Waals surface area contributed by atoms with E-state index in [1.165, 1.54) is 11.8 Å². The highest BCUT2D eigenvalue weighted by molar-refractivity contribution is 5.57. The largest absolute Gasteiger partial charge is 0.448 e.